The third-order valence-corrected chi connectivity index (χ3v) is 9.81. The molecule has 23 nitrogen and oxygen atoms in total. The molecule has 0 aliphatic heterocycles. The second-order valence-electron chi connectivity index (χ2n) is 20.1. The molecule has 3 aromatic rings. The van der Waals surface area contributed by atoms with Gasteiger partial charge in [-0.25, -0.2) is 29.1 Å². The Bertz CT molecular complexity index is 2340. The normalized spacial score (nSPS) is 11.9. The zero-order valence-electron chi connectivity index (χ0n) is 43.8. The molecule has 7 N–H and O–H groups in total. The minimum Gasteiger partial charge on any atom is -0.466 e. The summed E-state index contributed by atoms with van der Waals surface area (Å²) in [5, 5.41) is 16.5. The summed E-state index contributed by atoms with van der Waals surface area (Å²) in [6.45, 7) is 17.5. The lowest BCUT2D eigenvalue weighted by molar-refractivity contribution is -0.147. The van der Waals surface area contributed by atoms with Crippen molar-refractivity contribution in [3.63, 3.8) is 0 Å². The number of aromatic amines is 1. The Morgan fingerprint density at radius 1 is 0.630 bits per heavy atom. The van der Waals surface area contributed by atoms with E-state index in [1.165, 1.54) is 6.20 Å². The summed E-state index contributed by atoms with van der Waals surface area (Å²) in [5.41, 5.74) is -1.16. The molecule has 0 radical (unpaired) electrons. The first kappa shape index (κ1) is 60.2. The van der Waals surface area contributed by atoms with Crippen molar-refractivity contribution >= 4 is 64.8 Å². The highest BCUT2D eigenvalue weighted by atomic mass is 16.6. The van der Waals surface area contributed by atoms with Gasteiger partial charge in [-0.05, 0) is 144 Å². The van der Waals surface area contributed by atoms with Gasteiger partial charge in [-0.15, -0.1) is 0 Å². The molecule has 73 heavy (non-hydrogen) atoms. The molecule has 1 aromatic carbocycles. The number of hydrogen-bond acceptors (Lipinski definition) is 17. The second-order valence-corrected chi connectivity index (χ2v) is 20.1. The van der Waals surface area contributed by atoms with Crippen LogP contribution in [0.1, 0.15) is 155 Å². The van der Waals surface area contributed by atoms with Gasteiger partial charge in [0.2, 0.25) is 11.9 Å². The number of amides is 5. The number of unbranched alkanes of at least 4 members (excludes halogenated alkanes) is 6. The number of aromatic nitrogens is 4. The smallest absolute Gasteiger partial charge is 0.407 e. The zero-order valence-corrected chi connectivity index (χ0v) is 43.8. The summed E-state index contributed by atoms with van der Waals surface area (Å²) >= 11 is 0. The molecule has 5 amide bonds. The van der Waals surface area contributed by atoms with E-state index >= 15 is 0 Å². The molecule has 0 fully saturated rings. The van der Waals surface area contributed by atoms with Crippen molar-refractivity contribution in [3.05, 3.63) is 52.1 Å². The van der Waals surface area contributed by atoms with Crippen LogP contribution in [-0.2, 0) is 44.6 Å². The number of nitrogens with zero attached hydrogens (tertiary/aromatic N) is 3. The molecule has 0 saturated carbocycles. The molecule has 2 aromatic heterocycles. The summed E-state index contributed by atoms with van der Waals surface area (Å²) in [6, 6.07) is 5.21. The summed E-state index contributed by atoms with van der Waals surface area (Å²) in [5.74, 6) is -2.26. The number of hydrogen-bond donors (Lipinski definition) is 7. The fraction of sp³-hybridized carbons (Fsp3) is 0.620. The predicted octanol–water partition coefficient (Wildman–Crippen LogP) is 6.70. The molecule has 3 rings (SSSR count). The van der Waals surface area contributed by atoms with E-state index < -0.39 is 64.5 Å². The van der Waals surface area contributed by atoms with Crippen LogP contribution in [0.15, 0.2) is 35.3 Å². The van der Waals surface area contributed by atoms with Crippen molar-refractivity contribution < 1.29 is 57.2 Å². The highest BCUT2D eigenvalue weighted by Crippen LogP contribution is 2.15. The van der Waals surface area contributed by atoms with Crippen molar-refractivity contribution in [1.29, 1.82) is 0 Å². The average Bonchev–Trinajstić information content (AvgIpc) is 3.28. The quantitative estimate of drug-likeness (QED) is 0.0226. The summed E-state index contributed by atoms with van der Waals surface area (Å²) in [6.07, 6.45) is 5.38. The van der Waals surface area contributed by atoms with Crippen LogP contribution in [0, 0.1) is 0 Å². The van der Waals surface area contributed by atoms with Crippen LogP contribution in [0.2, 0.25) is 0 Å². The lowest BCUT2D eigenvalue weighted by Crippen LogP contribution is -2.42. The monoisotopic (exact) mass is 1020 g/mol. The number of carbonyl (C=O) groups is 7. The summed E-state index contributed by atoms with van der Waals surface area (Å²) in [7, 11) is 0. The number of H-pyrrole nitrogens is 1. The standard InChI is InChI=1S/C50H76N10O13/c1-48(2,3)71-45(66)51-26-14-10-13-19-37(61)58-44-59-40-39(42(64)60-44)56-35(32-55-40)31-54-34-22-20-33(21-23-34)41(63)57-36(43(65)70-30-18-12-16-28-53-47(68)73-50(7,8)9)24-25-38(62)69-29-17-11-15-27-52-46(67)72-49(4,5)6/h20-23,32,36,54H,10-19,24-31H2,1-9H3,(H,51,66)(H,52,67)(H,53,68)(H,57,63)(H2,55,58,59,60,61,64). The Kier molecular flexibility index (Phi) is 24.8. The summed E-state index contributed by atoms with van der Waals surface area (Å²) < 4.78 is 26.5. The van der Waals surface area contributed by atoms with Crippen LogP contribution in [0.4, 0.5) is 26.0 Å². The van der Waals surface area contributed by atoms with Gasteiger partial charge < -0.3 is 50.3 Å². The Balaban J connectivity index is 1.50. The molecular formula is C50H76N10O13. The van der Waals surface area contributed by atoms with Crippen molar-refractivity contribution in [1.82, 2.24) is 41.2 Å². The Labute approximate surface area is 426 Å². The van der Waals surface area contributed by atoms with E-state index in [1.807, 2.05) is 0 Å². The van der Waals surface area contributed by atoms with E-state index in [0.29, 0.717) is 88.8 Å². The van der Waals surface area contributed by atoms with Gasteiger partial charge in [-0.2, -0.15) is 4.98 Å². The van der Waals surface area contributed by atoms with Gasteiger partial charge in [0.25, 0.3) is 11.5 Å². The fourth-order valence-electron chi connectivity index (χ4n) is 6.42. The zero-order chi connectivity index (χ0) is 54.0. The molecule has 23 heteroatoms. The highest BCUT2D eigenvalue weighted by molar-refractivity contribution is 5.97. The maximum absolute atomic E-state index is 13.4. The van der Waals surface area contributed by atoms with E-state index in [0.717, 1.165) is 0 Å². The molecule has 1 atom stereocenters. The van der Waals surface area contributed by atoms with E-state index in [4.69, 9.17) is 23.7 Å². The largest absolute Gasteiger partial charge is 0.466 e. The third-order valence-electron chi connectivity index (χ3n) is 9.81. The number of esters is 2. The van der Waals surface area contributed by atoms with Gasteiger partial charge in [-0.3, -0.25) is 29.5 Å². The molecule has 0 saturated heterocycles. The van der Waals surface area contributed by atoms with Gasteiger partial charge in [0, 0.05) is 43.7 Å². The molecular weight excluding hydrogens is 949 g/mol. The molecule has 0 bridgehead atoms. The van der Waals surface area contributed by atoms with Crippen molar-refractivity contribution in [2.24, 2.45) is 0 Å². The van der Waals surface area contributed by atoms with Gasteiger partial charge in [-0.1, -0.05) is 6.42 Å². The lowest BCUT2D eigenvalue weighted by Gasteiger charge is -2.19. The Morgan fingerprint density at radius 3 is 1.68 bits per heavy atom. The predicted molar refractivity (Wildman–Crippen MR) is 272 cm³/mol. The first-order chi connectivity index (χ1) is 34.4. The Hall–Kier alpha value is -7.07. The van der Waals surface area contributed by atoms with Crippen molar-refractivity contribution in [2.45, 2.75) is 169 Å². The maximum Gasteiger partial charge on any atom is 0.407 e. The van der Waals surface area contributed by atoms with Crippen molar-refractivity contribution in [3.8, 4) is 0 Å². The average molecular weight is 1030 g/mol. The van der Waals surface area contributed by atoms with E-state index in [1.54, 1.807) is 86.6 Å². The molecule has 0 aliphatic carbocycles. The van der Waals surface area contributed by atoms with Crippen LogP contribution in [0.3, 0.4) is 0 Å². The topological polar surface area (TPSA) is 309 Å². The van der Waals surface area contributed by atoms with Crippen LogP contribution >= 0.6 is 0 Å². The SMILES string of the molecule is CC(C)(C)OC(=O)NCCCCCOC(=O)CCC(NC(=O)c1ccc(NCc2cnc3nc(NC(=O)CCCCCNC(=O)OC(C)(C)C)[nH]c(=O)c3n2)cc1)C(=O)OCCCCCNC(=O)OC(C)(C)C. The van der Waals surface area contributed by atoms with Gasteiger partial charge in [0.1, 0.15) is 22.8 Å². The van der Waals surface area contributed by atoms with Gasteiger partial charge in [0.15, 0.2) is 11.2 Å². The minimum atomic E-state index is -1.17. The highest BCUT2D eigenvalue weighted by Gasteiger charge is 2.25. The van der Waals surface area contributed by atoms with Crippen molar-refractivity contribution in [2.75, 3.05) is 43.5 Å². The summed E-state index contributed by atoms with van der Waals surface area (Å²) in [4.78, 5) is 116. The number of carbonyl (C=O) groups excluding carboxylic acids is 7. The van der Waals surface area contributed by atoms with E-state index in [-0.39, 0.29) is 67.6 Å². The van der Waals surface area contributed by atoms with Crippen LogP contribution in [0.25, 0.3) is 11.2 Å². The molecule has 0 spiro atoms. The number of ether oxygens (including phenoxy) is 5. The number of alkyl carbamates (subject to hydrolysis) is 3. The van der Waals surface area contributed by atoms with Gasteiger partial charge in [0.05, 0.1) is 31.6 Å². The fourth-order valence-corrected chi connectivity index (χ4v) is 6.42. The number of benzene rings is 1. The van der Waals surface area contributed by atoms with Crippen LogP contribution in [-0.4, -0.2) is 118 Å². The third kappa shape index (κ3) is 26.8. The second kappa shape index (κ2) is 30.1. The number of nitrogens with one attached hydrogen (secondary N) is 7. The molecule has 1 unspecified atom stereocenters. The number of fused-ring (bicyclic) bond motifs is 1. The number of rotatable bonds is 28. The first-order valence-corrected chi connectivity index (χ1v) is 24.8. The minimum absolute atomic E-state index is 0.0303. The lowest BCUT2D eigenvalue weighted by atomic mass is 10.1. The van der Waals surface area contributed by atoms with E-state index in [9.17, 15) is 38.4 Å². The van der Waals surface area contributed by atoms with E-state index in [2.05, 4.69) is 51.8 Å². The molecule has 0 aliphatic rings. The molecule has 2 heterocycles. The maximum atomic E-state index is 13.4. The van der Waals surface area contributed by atoms with Crippen LogP contribution in [0.5, 0.6) is 0 Å². The Morgan fingerprint density at radius 2 is 1.15 bits per heavy atom. The first-order valence-electron chi connectivity index (χ1n) is 24.8. The number of anilines is 2. The van der Waals surface area contributed by atoms with Crippen LogP contribution < -0.4 is 37.5 Å². The molecule has 404 valence electrons. The van der Waals surface area contributed by atoms with Gasteiger partial charge >= 0.3 is 30.2 Å².